The average Bonchev–Trinajstić information content (AvgIpc) is 3.11. The molecule has 0 radical (unpaired) electrons. The number of carbonyl (C=O) groups excluding carboxylic acids is 4. The molecule has 5 rings (SSSR count). The van der Waals surface area contributed by atoms with Crippen LogP contribution >= 0.6 is 0 Å². The molecule has 2 amide bonds. The van der Waals surface area contributed by atoms with Gasteiger partial charge < -0.3 is 5.32 Å². The number of benzene rings is 3. The number of halogens is 1. The monoisotopic (exact) mass is 634 g/mol. The van der Waals surface area contributed by atoms with E-state index in [0.29, 0.717) is 35.0 Å². The number of nitrogens with one attached hydrogen (secondary N) is 2. The molecule has 0 fully saturated rings. The molecule has 0 aliphatic carbocycles. The first-order valence-corrected chi connectivity index (χ1v) is 15.6. The minimum absolute atomic E-state index is 0.139. The molecular formula is C37H35FN4O5. The molecule has 0 saturated heterocycles. The van der Waals surface area contributed by atoms with E-state index in [4.69, 9.17) is 5.21 Å². The maximum Gasteiger partial charge on any atom is 0.274 e. The van der Waals surface area contributed by atoms with Crippen molar-refractivity contribution >= 4 is 50.9 Å². The van der Waals surface area contributed by atoms with Gasteiger partial charge in [0, 0.05) is 53.6 Å². The van der Waals surface area contributed by atoms with Crippen LogP contribution < -0.4 is 10.8 Å². The summed E-state index contributed by atoms with van der Waals surface area (Å²) in [6, 6.07) is 23.1. The Balaban J connectivity index is 1.35. The molecule has 3 aromatic carbocycles. The van der Waals surface area contributed by atoms with Crippen LogP contribution in [0, 0.1) is 0 Å². The van der Waals surface area contributed by atoms with Gasteiger partial charge in [-0.3, -0.25) is 34.4 Å². The Bertz CT molecular complexity index is 1810. The molecule has 5 aromatic rings. The molecule has 2 heterocycles. The molecule has 2 aromatic heterocycles. The summed E-state index contributed by atoms with van der Waals surface area (Å²) in [5, 5.41) is 12.7. The number of hydrogen-bond donors (Lipinski definition) is 3. The van der Waals surface area contributed by atoms with Crippen molar-refractivity contribution < 1.29 is 28.8 Å². The number of anilines is 1. The van der Waals surface area contributed by atoms with E-state index in [2.05, 4.69) is 15.3 Å². The summed E-state index contributed by atoms with van der Waals surface area (Å²) >= 11 is 0. The quantitative estimate of drug-likeness (QED) is 0.0378. The number of para-hydroxylation sites is 2. The maximum atomic E-state index is 17.3. The number of nitrogens with zero attached hydrogens (tertiary/aromatic N) is 2. The fourth-order valence-electron chi connectivity index (χ4n) is 5.62. The van der Waals surface area contributed by atoms with Crippen LogP contribution in [0.15, 0.2) is 97.3 Å². The minimum atomic E-state index is -3.09. The molecule has 0 saturated carbocycles. The molecule has 3 N–H and O–H groups in total. The zero-order valence-electron chi connectivity index (χ0n) is 25.7. The number of fused-ring (bicyclic) bond motifs is 2. The van der Waals surface area contributed by atoms with E-state index >= 15 is 4.39 Å². The number of hydrogen-bond acceptors (Lipinski definition) is 7. The predicted molar refractivity (Wildman–Crippen MR) is 177 cm³/mol. The van der Waals surface area contributed by atoms with Crippen LogP contribution in [-0.4, -0.2) is 38.6 Å². The molecule has 1 unspecified atom stereocenters. The first-order valence-electron chi connectivity index (χ1n) is 15.6. The molecule has 0 aliphatic heterocycles. The molecule has 1 atom stereocenters. The van der Waals surface area contributed by atoms with Gasteiger partial charge in [-0.25, -0.2) is 9.87 Å². The summed E-state index contributed by atoms with van der Waals surface area (Å²) in [6.45, 7) is 0. The number of amides is 2. The number of unbranched alkanes of at least 4 members (excludes halogenated alkanes) is 4. The molecular weight excluding hydrogens is 599 g/mol. The van der Waals surface area contributed by atoms with Gasteiger partial charge >= 0.3 is 0 Å². The zero-order chi connectivity index (χ0) is 33.2. The van der Waals surface area contributed by atoms with Gasteiger partial charge in [-0.15, -0.1) is 0 Å². The highest BCUT2D eigenvalue weighted by Crippen LogP contribution is 2.33. The van der Waals surface area contributed by atoms with Gasteiger partial charge in [0.1, 0.15) is 0 Å². The van der Waals surface area contributed by atoms with E-state index in [1.165, 1.54) is 24.3 Å². The lowest BCUT2D eigenvalue weighted by molar-refractivity contribution is -0.141. The molecule has 10 heteroatoms. The van der Waals surface area contributed by atoms with Gasteiger partial charge in [-0.2, -0.15) is 0 Å². The van der Waals surface area contributed by atoms with Crippen molar-refractivity contribution in [3.05, 3.63) is 114 Å². The van der Waals surface area contributed by atoms with Crippen LogP contribution in [0.4, 0.5) is 10.1 Å². The fourth-order valence-corrected chi connectivity index (χ4v) is 5.62. The molecule has 240 valence electrons. The highest BCUT2D eigenvalue weighted by molar-refractivity contribution is 6.17. The number of pyridine rings is 2. The van der Waals surface area contributed by atoms with Crippen molar-refractivity contribution in [2.75, 3.05) is 5.32 Å². The van der Waals surface area contributed by atoms with Crippen molar-refractivity contribution in [2.24, 2.45) is 0 Å². The number of aromatic nitrogens is 2. The number of alkyl halides is 1. The third kappa shape index (κ3) is 7.73. The number of Topliss-reactive ketones (excluding diaryl/α,β-unsaturated/α-hetero) is 2. The molecule has 9 nitrogen and oxygen atoms in total. The van der Waals surface area contributed by atoms with E-state index in [1.807, 2.05) is 24.3 Å². The summed E-state index contributed by atoms with van der Waals surface area (Å²) in [6.07, 6.45) is 7.00. The standard InChI is InChI=1S/C37H35FN4O5/c38-37(32(44)24-28-12-6-10-26-13-8-22-39-34(26)28,36(46)41-30-15-7-11-27-14-9-23-40-35(27)30)29-20-18-25(19-21-29)31(43)16-4-2-1-3-5-17-33(45)42-47/h6-15,18-23,47H,1-5,16-17,24H2,(H,41,46)(H,42,45). The molecule has 0 spiro atoms. The fraction of sp³-hybridized carbons (Fsp3) is 0.243. The Kier molecular flexibility index (Phi) is 10.7. The van der Waals surface area contributed by atoms with Crippen molar-refractivity contribution in [3.63, 3.8) is 0 Å². The highest BCUT2D eigenvalue weighted by Gasteiger charge is 2.48. The third-order valence-corrected chi connectivity index (χ3v) is 8.18. The number of ketones is 2. The maximum absolute atomic E-state index is 17.3. The second-order valence-electron chi connectivity index (χ2n) is 11.4. The summed E-state index contributed by atoms with van der Waals surface area (Å²) in [4.78, 5) is 60.4. The van der Waals surface area contributed by atoms with Gasteiger partial charge in [0.15, 0.2) is 11.6 Å². The minimum Gasteiger partial charge on any atom is -0.321 e. The number of carbonyl (C=O) groups is 4. The topological polar surface area (TPSA) is 138 Å². The second-order valence-corrected chi connectivity index (χ2v) is 11.4. The Morgan fingerprint density at radius 3 is 2.00 bits per heavy atom. The van der Waals surface area contributed by atoms with Crippen molar-refractivity contribution in [1.29, 1.82) is 0 Å². The summed E-state index contributed by atoms with van der Waals surface area (Å²) < 4.78 is 17.3. The summed E-state index contributed by atoms with van der Waals surface area (Å²) in [5.74, 6) is -2.70. The number of rotatable bonds is 15. The lowest BCUT2D eigenvalue weighted by atomic mass is 9.85. The Morgan fingerprint density at radius 1 is 0.702 bits per heavy atom. The Hall–Kier alpha value is -5.35. The second kappa shape index (κ2) is 15.3. The third-order valence-electron chi connectivity index (χ3n) is 8.18. The molecule has 0 bridgehead atoms. The van der Waals surface area contributed by atoms with Gasteiger partial charge in [-0.05, 0) is 36.6 Å². The molecule has 0 aliphatic rings. The first-order chi connectivity index (χ1) is 22.8. The van der Waals surface area contributed by atoms with Gasteiger partial charge in [0.05, 0.1) is 16.7 Å². The van der Waals surface area contributed by atoms with Crippen LogP contribution in [0.3, 0.4) is 0 Å². The lowest BCUT2D eigenvalue weighted by Gasteiger charge is -2.24. The van der Waals surface area contributed by atoms with Crippen LogP contribution in [0.1, 0.15) is 66.4 Å². The van der Waals surface area contributed by atoms with Crippen molar-refractivity contribution in [3.8, 4) is 0 Å². The van der Waals surface area contributed by atoms with Crippen LogP contribution in [0.5, 0.6) is 0 Å². The van der Waals surface area contributed by atoms with Crippen LogP contribution in [-0.2, 0) is 26.5 Å². The van der Waals surface area contributed by atoms with Crippen LogP contribution in [0.2, 0.25) is 0 Å². The van der Waals surface area contributed by atoms with Crippen molar-refractivity contribution in [1.82, 2.24) is 15.4 Å². The Labute approximate surface area is 271 Å². The zero-order valence-corrected chi connectivity index (χ0v) is 25.7. The predicted octanol–water partition coefficient (Wildman–Crippen LogP) is 6.82. The van der Waals surface area contributed by atoms with Gasteiger partial charge in [-0.1, -0.05) is 86.0 Å². The van der Waals surface area contributed by atoms with Gasteiger partial charge in [0.2, 0.25) is 5.91 Å². The SMILES string of the molecule is O=C(CCCCCCCC(=O)c1ccc(C(F)(C(=O)Cc2cccc3cccnc23)C(=O)Nc2cccc3cccnc23)cc1)NO. The smallest absolute Gasteiger partial charge is 0.274 e. The van der Waals surface area contributed by atoms with E-state index in [0.717, 1.165) is 30.0 Å². The van der Waals surface area contributed by atoms with E-state index in [1.54, 1.807) is 54.3 Å². The Morgan fingerprint density at radius 2 is 1.30 bits per heavy atom. The highest BCUT2D eigenvalue weighted by atomic mass is 19.1. The van der Waals surface area contributed by atoms with Gasteiger partial charge in [0.25, 0.3) is 11.6 Å². The largest absolute Gasteiger partial charge is 0.321 e. The number of hydroxylamine groups is 1. The van der Waals surface area contributed by atoms with Crippen LogP contribution in [0.25, 0.3) is 21.8 Å². The molecule has 47 heavy (non-hydrogen) atoms. The average molecular weight is 635 g/mol. The van der Waals surface area contributed by atoms with E-state index in [9.17, 15) is 19.2 Å². The lowest BCUT2D eigenvalue weighted by Crippen LogP contribution is -2.44. The summed E-state index contributed by atoms with van der Waals surface area (Å²) in [5.41, 5.74) is 0.410. The first kappa shape index (κ1) is 33.0. The van der Waals surface area contributed by atoms with Crippen molar-refractivity contribution in [2.45, 2.75) is 57.0 Å². The van der Waals surface area contributed by atoms with E-state index in [-0.39, 0.29) is 29.9 Å². The van der Waals surface area contributed by atoms with E-state index < -0.39 is 29.7 Å². The normalized spacial score (nSPS) is 12.4. The summed E-state index contributed by atoms with van der Waals surface area (Å²) in [7, 11) is 0.